The molecule has 10 heteroatoms. The van der Waals surface area contributed by atoms with Crippen LogP contribution >= 0.6 is 0 Å². The number of aryl methyl sites for hydroxylation is 1. The number of nitrogens with zero attached hydrogens (tertiary/aromatic N) is 4. The molecule has 0 aliphatic rings. The molecule has 1 N–H and O–H groups in total. The van der Waals surface area contributed by atoms with Crippen LogP contribution in [0.15, 0.2) is 54.9 Å². The minimum Gasteiger partial charge on any atom is -0.478 e. The van der Waals surface area contributed by atoms with Crippen molar-refractivity contribution in [2.75, 3.05) is 0 Å². The van der Waals surface area contributed by atoms with Crippen molar-refractivity contribution in [2.24, 2.45) is 0 Å². The minimum absolute atomic E-state index is 0.101. The maximum atomic E-state index is 14.8. The van der Waals surface area contributed by atoms with Gasteiger partial charge in [-0.3, -0.25) is 14.5 Å². The number of carbonyl (C=O) groups is 1. The summed E-state index contributed by atoms with van der Waals surface area (Å²) < 4.78 is 57.0. The number of imidazole rings is 1. The molecule has 0 atom stereocenters. The molecule has 0 aliphatic carbocycles. The molecular formula is C24H14F4N4O2. The van der Waals surface area contributed by atoms with Crippen LogP contribution < -0.4 is 0 Å². The van der Waals surface area contributed by atoms with E-state index >= 15 is 0 Å². The van der Waals surface area contributed by atoms with Gasteiger partial charge in [0, 0.05) is 12.4 Å². The number of aromatic nitrogens is 4. The van der Waals surface area contributed by atoms with E-state index in [0.717, 1.165) is 12.1 Å². The number of pyridine rings is 2. The Morgan fingerprint density at radius 3 is 2.41 bits per heavy atom. The van der Waals surface area contributed by atoms with E-state index in [1.165, 1.54) is 41.2 Å². The number of alkyl halides is 2. The highest BCUT2D eigenvalue weighted by molar-refractivity contribution is 6.04. The Kier molecular flexibility index (Phi) is 5.00. The average Bonchev–Trinajstić information content (AvgIpc) is 3.15. The first-order valence-electron chi connectivity index (χ1n) is 10.00. The van der Waals surface area contributed by atoms with Crippen LogP contribution in [-0.4, -0.2) is 30.6 Å². The first kappa shape index (κ1) is 21.5. The molecule has 0 unspecified atom stereocenters. The topological polar surface area (TPSA) is 80.9 Å². The summed E-state index contributed by atoms with van der Waals surface area (Å²) in [4.78, 5) is 24.0. The summed E-state index contributed by atoms with van der Waals surface area (Å²) in [6, 6.07) is 8.96. The molecule has 5 aromatic rings. The zero-order valence-electron chi connectivity index (χ0n) is 17.4. The molecule has 6 nitrogen and oxygen atoms in total. The Morgan fingerprint density at radius 1 is 0.941 bits per heavy atom. The summed E-state index contributed by atoms with van der Waals surface area (Å²) in [5.41, 5.74) is 0.407. The van der Waals surface area contributed by atoms with Crippen molar-refractivity contribution in [3.05, 3.63) is 83.6 Å². The molecule has 2 aromatic carbocycles. The van der Waals surface area contributed by atoms with Gasteiger partial charge in [-0.05, 0) is 60.5 Å². The molecular weight excluding hydrogens is 452 g/mol. The molecule has 3 heterocycles. The molecule has 0 aliphatic heterocycles. The molecule has 34 heavy (non-hydrogen) atoms. The van der Waals surface area contributed by atoms with E-state index < -0.39 is 29.7 Å². The third kappa shape index (κ3) is 3.35. The standard InChI is InChI=1S/C24H14F4N4O2/c1-11-31-21-14(24(33)34)8-13(12-4-6-29-17(9-12)23(27)28)10-19(21)32(11)18-5-7-30-22-16(26)3-2-15(25)20(18)22/h2-10,23H,1H3,(H,33,34). The smallest absolute Gasteiger partial charge is 0.337 e. The summed E-state index contributed by atoms with van der Waals surface area (Å²) in [6.45, 7) is 1.59. The third-order valence-corrected chi connectivity index (χ3v) is 5.51. The van der Waals surface area contributed by atoms with E-state index in [-0.39, 0.29) is 33.2 Å². The lowest BCUT2D eigenvalue weighted by Crippen LogP contribution is -2.02. The fourth-order valence-electron chi connectivity index (χ4n) is 4.04. The lowest BCUT2D eigenvalue weighted by atomic mass is 10.0. The van der Waals surface area contributed by atoms with Crippen LogP contribution in [0.1, 0.15) is 28.3 Å². The van der Waals surface area contributed by atoms with E-state index in [9.17, 15) is 27.5 Å². The molecule has 0 fully saturated rings. The molecule has 170 valence electrons. The van der Waals surface area contributed by atoms with E-state index in [4.69, 9.17) is 0 Å². The number of halogens is 4. The van der Waals surface area contributed by atoms with Gasteiger partial charge >= 0.3 is 5.97 Å². The van der Waals surface area contributed by atoms with Crippen molar-refractivity contribution in [1.82, 2.24) is 19.5 Å². The van der Waals surface area contributed by atoms with Crippen molar-refractivity contribution < 1.29 is 27.5 Å². The SMILES string of the molecule is Cc1nc2c(C(=O)O)cc(-c3ccnc(C(F)F)c3)cc2n1-c1ccnc2c(F)ccc(F)c12. The van der Waals surface area contributed by atoms with E-state index in [1.807, 2.05) is 0 Å². The first-order valence-corrected chi connectivity index (χ1v) is 10.00. The van der Waals surface area contributed by atoms with Crippen molar-refractivity contribution in [1.29, 1.82) is 0 Å². The number of hydrogen-bond donors (Lipinski definition) is 1. The summed E-state index contributed by atoms with van der Waals surface area (Å²) in [5, 5.41) is 9.72. The summed E-state index contributed by atoms with van der Waals surface area (Å²) in [5.74, 6) is -2.40. The molecule has 0 saturated heterocycles. The third-order valence-electron chi connectivity index (χ3n) is 5.51. The number of aromatic carboxylic acids is 1. The number of carboxylic acid groups (broad SMARTS) is 1. The zero-order chi connectivity index (χ0) is 24.1. The van der Waals surface area contributed by atoms with Crippen LogP contribution in [0, 0.1) is 18.6 Å². The number of hydrogen-bond acceptors (Lipinski definition) is 4. The van der Waals surface area contributed by atoms with Gasteiger partial charge in [0.15, 0.2) is 0 Å². The molecule has 0 bridgehead atoms. The van der Waals surface area contributed by atoms with Crippen LogP contribution in [-0.2, 0) is 0 Å². The Balaban J connectivity index is 1.87. The number of fused-ring (bicyclic) bond motifs is 2. The largest absolute Gasteiger partial charge is 0.478 e. The first-order chi connectivity index (χ1) is 16.3. The average molecular weight is 466 g/mol. The van der Waals surface area contributed by atoms with E-state index in [1.54, 1.807) is 13.0 Å². The second-order valence-corrected chi connectivity index (χ2v) is 7.54. The molecule has 5 rings (SSSR count). The minimum atomic E-state index is -2.81. The number of benzene rings is 2. The summed E-state index contributed by atoms with van der Waals surface area (Å²) in [6.07, 6.45) is -0.291. The van der Waals surface area contributed by atoms with Gasteiger partial charge in [-0.2, -0.15) is 0 Å². The van der Waals surface area contributed by atoms with Crippen molar-refractivity contribution >= 4 is 27.9 Å². The molecule has 3 aromatic heterocycles. The highest BCUT2D eigenvalue weighted by Gasteiger charge is 2.22. The van der Waals surface area contributed by atoms with Crippen LogP contribution in [0.5, 0.6) is 0 Å². The second-order valence-electron chi connectivity index (χ2n) is 7.54. The Morgan fingerprint density at radius 2 is 1.68 bits per heavy atom. The Hall–Kier alpha value is -4.34. The van der Waals surface area contributed by atoms with E-state index in [0.29, 0.717) is 17.0 Å². The van der Waals surface area contributed by atoms with E-state index in [2.05, 4.69) is 15.0 Å². The van der Waals surface area contributed by atoms with Crippen molar-refractivity contribution in [3.63, 3.8) is 0 Å². The molecule has 0 saturated carbocycles. The zero-order valence-corrected chi connectivity index (χ0v) is 17.4. The van der Waals surface area contributed by atoms with Crippen LogP contribution in [0.3, 0.4) is 0 Å². The summed E-state index contributed by atoms with van der Waals surface area (Å²) >= 11 is 0. The van der Waals surface area contributed by atoms with Crippen molar-refractivity contribution in [2.45, 2.75) is 13.3 Å². The van der Waals surface area contributed by atoms with Crippen LogP contribution in [0.25, 0.3) is 38.8 Å². The second kappa shape index (κ2) is 7.91. The van der Waals surface area contributed by atoms with Gasteiger partial charge in [0.2, 0.25) is 0 Å². The predicted octanol–water partition coefficient (Wildman–Crippen LogP) is 5.86. The van der Waals surface area contributed by atoms with Crippen molar-refractivity contribution in [3.8, 4) is 16.8 Å². The Labute approximate surface area is 189 Å². The van der Waals surface area contributed by atoms with Crippen LogP contribution in [0.2, 0.25) is 0 Å². The number of rotatable bonds is 4. The van der Waals surface area contributed by atoms with Crippen LogP contribution in [0.4, 0.5) is 17.6 Å². The lowest BCUT2D eigenvalue weighted by molar-refractivity contribution is 0.0699. The molecule has 0 amide bonds. The summed E-state index contributed by atoms with van der Waals surface area (Å²) in [7, 11) is 0. The molecule has 0 radical (unpaired) electrons. The maximum absolute atomic E-state index is 14.8. The lowest BCUT2D eigenvalue weighted by Gasteiger charge is -2.13. The highest BCUT2D eigenvalue weighted by Crippen LogP contribution is 2.34. The molecule has 0 spiro atoms. The monoisotopic (exact) mass is 466 g/mol. The number of carboxylic acids is 1. The fraction of sp³-hybridized carbons (Fsp3) is 0.0833. The van der Waals surface area contributed by atoms with Gasteiger partial charge in [-0.25, -0.2) is 27.3 Å². The van der Waals surface area contributed by atoms with Gasteiger partial charge < -0.3 is 5.11 Å². The van der Waals surface area contributed by atoms with Gasteiger partial charge in [-0.1, -0.05) is 0 Å². The van der Waals surface area contributed by atoms with Gasteiger partial charge in [0.25, 0.3) is 6.43 Å². The quantitative estimate of drug-likeness (QED) is 0.336. The normalized spacial score (nSPS) is 11.6. The highest BCUT2D eigenvalue weighted by atomic mass is 19.3. The van der Waals surface area contributed by atoms with Gasteiger partial charge in [0.05, 0.1) is 22.2 Å². The fourth-order valence-corrected chi connectivity index (χ4v) is 4.04. The Bertz CT molecular complexity index is 1610. The van der Waals surface area contributed by atoms with Gasteiger partial charge in [0.1, 0.15) is 34.2 Å². The maximum Gasteiger partial charge on any atom is 0.337 e. The predicted molar refractivity (Wildman–Crippen MR) is 116 cm³/mol. The van der Waals surface area contributed by atoms with Gasteiger partial charge in [-0.15, -0.1) is 0 Å².